The van der Waals surface area contributed by atoms with Crippen LogP contribution in [0.4, 0.5) is 4.39 Å². The summed E-state index contributed by atoms with van der Waals surface area (Å²) in [6, 6.07) is 6.57. The number of rotatable bonds is 6. The maximum absolute atomic E-state index is 12.9. The molecule has 0 bridgehead atoms. The number of ether oxygens (including phenoxy) is 1. The fourth-order valence-corrected chi connectivity index (χ4v) is 4.04. The predicted octanol–water partition coefficient (Wildman–Crippen LogP) is 3.19. The number of likely N-dealkylation sites (tertiary alicyclic amines) is 2. The minimum Gasteiger partial charge on any atom is -0.383 e. The molecule has 142 valence electrons. The fraction of sp³-hybridized carbons (Fsp3) is 0.571. The first-order valence-corrected chi connectivity index (χ1v) is 9.51. The van der Waals surface area contributed by atoms with Gasteiger partial charge in [-0.05, 0) is 55.5 Å². The van der Waals surface area contributed by atoms with E-state index in [0.717, 1.165) is 51.0 Å². The van der Waals surface area contributed by atoms with Crippen molar-refractivity contribution in [2.75, 3.05) is 46.4 Å². The van der Waals surface area contributed by atoms with E-state index in [9.17, 15) is 9.18 Å². The normalized spacial score (nSPS) is 21.0. The first kappa shape index (κ1) is 19.1. The van der Waals surface area contributed by atoms with Gasteiger partial charge < -0.3 is 9.64 Å². The Labute approximate surface area is 155 Å². The highest BCUT2D eigenvalue weighted by Gasteiger charge is 2.40. The molecule has 0 N–H and O–H groups in total. The van der Waals surface area contributed by atoms with Gasteiger partial charge in [0.15, 0.2) is 0 Å². The summed E-state index contributed by atoms with van der Waals surface area (Å²) in [6.45, 7) is 5.26. The molecular formula is C21H29FN2O2. The largest absolute Gasteiger partial charge is 0.383 e. The van der Waals surface area contributed by atoms with Crippen molar-refractivity contribution in [2.24, 2.45) is 5.41 Å². The summed E-state index contributed by atoms with van der Waals surface area (Å²) in [5.41, 5.74) is 1.32. The number of methoxy groups -OCH3 is 1. The SMILES string of the molecule is COCCN1CC2(CCC1=O)CCN(CC=Cc1ccc(F)cc1)CC2. The molecule has 5 heteroatoms. The lowest BCUT2D eigenvalue weighted by atomic mass is 9.72. The molecular weight excluding hydrogens is 331 g/mol. The zero-order chi connectivity index (χ0) is 18.4. The van der Waals surface area contributed by atoms with Crippen molar-refractivity contribution >= 4 is 12.0 Å². The zero-order valence-electron chi connectivity index (χ0n) is 15.6. The van der Waals surface area contributed by atoms with E-state index >= 15 is 0 Å². The summed E-state index contributed by atoms with van der Waals surface area (Å²) in [4.78, 5) is 16.6. The van der Waals surface area contributed by atoms with Crippen molar-refractivity contribution in [3.05, 3.63) is 41.7 Å². The first-order chi connectivity index (χ1) is 12.6. The summed E-state index contributed by atoms with van der Waals surface area (Å²) in [7, 11) is 1.68. The van der Waals surface area contributed by atoms with Gasteiger partial charge in [-0.3, -0.25) is 9.69 Å². The summed E-state index contributed by atoms with van der Waals surface area (Å²) in [5.74, 6) is 0.0753. The average molecular weight is 360 g/mol. The molecule has 3 rings (SSSR count). The summed E-state index contributed by atoms with van der Waals surface area (Å²) >= 11 is 0. The van der Waals surface area contributed by atoms with Gasteiger partial charge in [-0.2, -0.15) is 0 Å². The van der Waals surface area contributed by atoms with Gasteiger partial charge in [0, 0.05) is 33.2 Å². The van der Waals surface area contributed by atoms with Gasteiger partial charge >= 0.3 is 0 Å². The standard InChI is InChI=1S/C21H29FN2O2/c1-26-16-15-24-17-21(9-8-20(24)25)10-13-23(14-11-21)12-2-3-18-4-6-19(22)7-5-18/h2-7H,8-17H2,1H3. The zero-order valence-corrected chi connectivity index (χ0v) is 15.6. The molecule has 0 atom stereocenters. The van der Waals surface area contributed by atoms with E-state index in [1.165, 1.54) is 12.1 Å². The number of amides is 1. The molecule has 1 aromatic rings. The Hall–Kier alpha value is -1.72. The Morgan fingerprint density at radius 1 is 1.19 bits per heavy atom. The van der Waals surface area contributed by atoms with Crippen molar-refractivity contribution in [1.82, 2.24) is 9.80 Å². The van der Waals surface area contributed by atoms with Gasteiger partial charge in [0.05, 0.1) is 6.61 Å². The van der Waals surface area contributed by atoms with Crippen LogP contribution in [0.25, 0.3) is 6.08 Å². The molecule has 4 nitrogen and oxygen atoms in total. The Balaban J connectivity index is 1.47. The van der Waals surface area contributed by atoms with E-state index in [2.05, 4.69) is 17.1 Å². The molecule has 26 heavy (non-hydrogen) atoms. The Morgan fingerprint density at radius 2 is 1.92 bits per heavy atom. The van der Waals surface area contributed by atoms with Gasteiger partial charge in [-0.1, -0.05) is 24.3 Å². The first-order valence-electron chi connectivity index (χ1n) is 9.51. The molecule has 2 aliphatic heterocycles. The third-order valence-electron chi connectivity index (χ3n) is 5.77. The summed E-state index contributed by atoms with van der Waals surface area (Å²) in [5, 5.41) is 0. The monoisotopic (exact) mass is 360 g/mol. The molecule has 0 saturated carbocycles. The van der Waals surface area contributed by atoms with Crippen molar-refractivity contribution in [3.63, 3.8) is 0 Å². The van der Waals surface area contributed by atoms with Crippen LogP contribution in [-0.4, -0.2) is 62.1 Å². The van der Waals surface area contributed by atoms with Crippen LogP contribution >= 0.6 is 0 Å². The Kier molecular flexibility index (Phi) is 6.43. The van der Waals surface area contributed by atoms with Crippen LogP contribution in [0.2, 0.25) is 0 Å². The van der Waals surface area contributed by atoms with Crippen molar-refractivity contribution < 1.29 is 13.9 Å². The third kappa shape index (κ3) is 4.92. The minimum atomic E-state index is -0.200. The Bertz CT molecular complexity index is 621. The molecule has 1 aromatic carbocycles. The van der Waals surface area contributed by atoms with Gasteiger partial charge in [-0.15, -0.1) is 0 Å². The highest BCUT2D eigenvalue weighted by Crippen LogP contribution is 2.40. The molecule has 0 unspecified atom stereocenters. The number of nitrogens with zero attached hydrogens (tertiary/aromatic N) is 2. The molecule has 2 fully saturated rings. The van der Waals surface area contributed by atoms with Gasteiger partial charge in [0.25, 0.3) is 0 Å². The van der Waals surface area contributed by atoms with Crippen molar-refractivity contribution in [2.45, 2.75) is 25.7 Å². The van der Waals surface area contributed by atoms with Crippen LogP contribution in [-0.2, 0) is 9.53 Å². The van der Waals surface area contributed by atoms with Gasteiger partial charge in [0.1, 0.15) is 5.82 Å². The van der Waals surface area contributed by atoms with Crippen molar-refractivity contribution in [1.29, 1.82) is 0 Å². The maximum atomic E-state index is 12.9. The second-order valence-electron chi connectivity index (χ2n) is 7.56. The van der Waals surface area contributed by atoms with Crippen LogP contribution in [0.3, 0.4) is 0 Å². The number of piperidine rings is 2. The molecule has 1 amide bonds. The molecule has 1 spiro atoms. The number of hydrogen-bond donors (Lipinski definition) is 0. The molecule has 0 radical (unpaired) electrons. The fourth-order valence-electron chi connectivity index (χ4n) is 4.04. The average Bonchev–Trinajstić information content (AvgIpc) is 2.66. The lowest BCUT2D eigenvalue weighted by Gasteiger charge is -2.47. The summed E-state index contributed by atoms with van der Waals surface area (Å²) < 4.78 is 18.1. The number of hydrogen-bond acceptors (Lipinski definition) is 3. The highest BCUT2D eigenvalue weighted by atomic mass is 19.1. The predicted molar refractivity (Wildman–Crippen MR) is 101 cm³/mol. The van der Waals surface area contributed by atoms with Crippen molar-refractivity contribution in [3.8, 4) is 0 Å². The smallest absolute Gasteiger partial charge is 0.222 e. The topological polar surface area (TPSA) is 32.8 Å². The van der Waals surface area contributed by atoms with Crippen LogP contribution < -0.4 is 0 Å². The lowest BCUT2D eigenvalue weighted by Crippen LogP contribution is -2.52. The van der Waals surface area contributed by atoms with Crippen LogP contribution in [0.5, 0.6) is 0 Å². The molecule has 2 heterocycles. The summed E-state index contributed by atoms with van der Waals surface area (Å²) in [6.07, 6.45) is 8.20. The van der Waals surface area contributed by atoms with E-state index in [1.807, 2.05) is 4.90 Å². The molecule has 0 aliphatic carbocycles. The number of halogens is 1. The van der Waals surface area contributed by atoms with E-state index < -0.39 is 0 Å². The number of carbonyl (C=O) groups excluding carboxylic acids is 1. The lowest BCUT2D eigenvalue weighted by molar-refractivity contribution is -0.139. The van der Waals surface area contributed by atoms with Crippen LogP contribution in [0.15, 0.2) is 30.3 Å². The van der Waals surface area contributed by atoms with E-state index in [-0.39, 0.29) is 11.7 Å². The molecule has 2 saturated heterocycles. The van der Waals surface area contributed by atoms with Crippen LogP contribution in [0, 0.1) is 11.2 Å². The van der Waals surface area contributed by atoms with E-state index in [1.54, 1.807) is 19.2 Å². The molecule has 2 aliphatic rings. The second kappa shape index (κ2) is 8.78. The van der Waals surface area contributed by atoms with Gasteiger partial charge in [0.2, 0.25) is 5.91 Å². The number of carbonyl (C=O) groups is 1. The Morgan fingerprint density at radius 3 is 2.62 bits per heavy atom. The second-order valence-corrected chi connectivity index (χ2v) is 7.56. The van der Waals surface area contributed by atoms with Crippen LogP contribution in [0.1, 0.15) is 31.2 Å². The minimum absolute atomic E-state index is 0.200. The number of benzene rings is 1. The highest BCUT2D eigenvalue weighted by molar-refractivity contribution is 5.77. The van der Waals surface area contributed by atoms with E-state index in [0.29, 0.717) is 25.0 Å². The quantitative estimate of drug-likeness (QED) is 0.781. The van der Waals surface area contributed by atoms with E-state index in [4.69, 9.17) is 4.74 Å². The molecule has 0 aromatic heterocycles. The van der Waals surface area contributed by atoms with Gasteiger partial charge in [-0.25, -0.2) is 4.39 Å². The maximum Gasteiger partial charge on any atom is 0.222 e. The third-order valence-corrected chi connectivity index (χ3v) is 5.77.